The molecule has 3 aromatic heterocycles. The van der Waals surface area contributed by atoms with Gasteiger partial charge in [0, 0.05) is 32.0 Å². The van der Waals surface area contributed by atoms with Crippen LogP contribution in [0.25, 0.3) is 10.7 Å². The molecule has 31 heavy (non-hydrogen) atoms. The van der Waals surface area contributed by atoms with Gasteiger partial charge >= 0.3 is 0 Å². The third-order valence-corrected chi connectivity index (χ3v) is 8.24. The van der Waals surface area contributed by atoms with E-state index in [0.717, 1.165) is 31.5 Å². The van der Waals surface area contributed by atoms with E-state index >= 15 is 0 Å². The lowest BCUT2D eigenvalue weighted by Crippen LogP contribution is -2.27. The smallest absolute Gasteiger partial charge is 0.265 e. The topological polar surface area (TPSA) is 97.2 Å². The van der Waals surface area contributed by atoms with Crippen LogP contribution in [0.2, 0.25) is 0 Å². The summed E-state index contributed by atoms with van der Waals surface area (Å²) in [6.07, 6.45) is 3.60. The van der Waals surface area contributed by atoms with Gasteiger partial charge in [-0.2, -0.15) is 0 Å². The first-order valence-electron chi connectivity index (χ1n) is 10.1. The van der Waals surface area contributed by atoms with Crippen molar-refractivity contribution in [3.63, 3.8) is 0 Å². The van der Waals surface area contributed by atoms with Crippen LogP contribution in [0.1, 0.15) is 39.5 Å². The number of likely N-dealkylation sites (tertiary alicyclic amines) is 1. The zero-order chi connectivity index (χ0) is 22.3. The van der Waals surface area contributed by atoms with Crippen molar-refractivity contribution in [2.75, 3.05) is 17.8 Å². The fourth-order valence-electron chi connectivity index (χ4n) is 3.69. The second-order valence-corrected chi connectivity index (χ2v) is 10.4. The molecule has 1 amide bonds. The number of anilines is 1. The van der Waals surface area contributed by atoms with Gasteiger partial charge in [0.15, 0.2) is 0 Å². The van der Waals surface area contributed by atoms with Crippen LogP contribution in [0.3, 0.4) is 0 Å². The van der Waals surface area contributed by atoms with Gasteiger partial charge in [-0.25, -0.2) is 18.4 Å². The fourth-order valence-corrected chi connectivity index (χ4v) is 6.15. The average molecular weight is 460 g/mol. The predicted octanol–water partition coefficient (Wildman–Crippen LogP) is 3.51. The maximum absolute atomic E-state index is 13.1. The molecule has 0 saturated carbocycles. The summed E-state index contributed by atoms with van der Waals surface area (Å²) in [5.74, 6) is 0.306. The van der Waals surface area contributed by atoms with Gasteiger partial charge in [-0.15, -0.1) is 11.3 Å². The number of hydrogen-bond acceptors (Lipinski definition) is 6. The van der Waals surface area contributed by atoms with Gasteiger partial charge in [0.2, 0.25) is 0 Å². The highest BCUT2D eigenvalue weighted by Gasteiger charge is 2.27. The third-order valence-electron chi connectivity index (χ3n) is 5.62. The molecule has 164 valence electrons. The minimum absolute atomic E-state index is 0.00446. The second-order valence-electron chi connectivity index (χ2n) is 7.75. The summed E-state index contributed by atoms with van der Waals surface area (Å²) >= 11 is 1.31. The maximum atomic E-state index is 13.1. The minimum atomic E-state index is -3.84. The van der Waals surface area contributed by atoms with Crippen LogP contribution in [-0.4, -0.2) is 46.8 Å². The Morgan fingerprint density at radius 2 is 1.90 bits per heavy atom. The van der Waals surface area contributed by atoms with Crippen LogP contribution in [0.5, 0.6) is 0 Å². The summed E-state index contributed by atoms with van der Waals surface area (Å²) in [5.41, 5.74) is 2.64. The molecule has 4 rings (SSSR count). The first-order valence-corrected chi connectivity index (χ1v) is 12.4. The maximum Gasteiger partial charge on any atom is 0.265 e. The van der Waals surface area contributed by atoms with Crippen molar-refractivity contribution in [3.8, 4) is 10.7 Å². The Labute approximate surface area is 186 Å². The number of aromatic nitrogens is 3. The van der Waals surface area contributed by atoms with E-state index in [1.54, 1.807) is 49.9 Å². The lowest BCUT2D eigenvalue weighted by atomic mass is 10.3. The summed E-state index contributed by atoms with van der Waals surface area (Å²) in [7, 11) is -2.04. The fraction of sp³-hybridized carbons (Fsp3) is 0.381. The standard InChI is InChI=1S/C21H25N5O3S2/c1-13-8-7-9-22-19(13)24-31(28,29)17-12-16(25(4)15(17)3)20-23-14(2)18(30-20)21(27)26-10-5-6-11-26/h7-9,12H,5-6,10-11H2,1-4H3,(H,22,24). The number of thiazole rings is 1. The molecule has 1 aliphatic rings. The molecule has 3 aromatic rings. The molecule has 1 N–H and O–H groups in total. The Morgan fingerprint density at radius 1 is 1.19 bits per heavy atom. The Kier molecular flexibility index (Phi) is 5.61. The van der Waals surface area contributed by atoms with Crippen molar-refractivity contribution in [1.82, 2.24) is 19.4 Å². The molecule has 0 aromatic carbocycles. The van der Waals surface area contributed by atoms with Gasteiger partial charge in [0.25, 0.3) is 15.9 Å². The Balaban J connectivity index is 1.69. The third kappa shape index (κ3) is 3.97. The molecule has 1 fully saturated rings. The Morgan fingerprint density at radius 3 is 2.58 bits per heavy atom. The number of carbonyl (C=O) groups excluding carboxylic acids is 1. The highest BCUT2D eigenvalue weighted by Crippen LogP contribution is 2.33. The van der Waals surface area contributed by atoms with Crippen LogP contribution in [0.15, 0.2) is 29.3 Å². The molecule has 0 bridgehead atoms. The van der Waals surface area contributed by atoms with Crippen LogP contribution >= 0.6 is 11.3 Å². The van der Waals surface area contributed by atoms with Crippen molar-refractivity contribution in [2.24, 2.45) is 7.05 Å². The van der Waals surface area contributed by atoms with Crippen LogP contribution in [0.4, 0.5) is 5.82 Å². The molecule has 0 unspecified atom stereocenters. The van der Waals surface area contributed by atoms with Crippen molar-refractivity contribution >= 4 is 33.1 Å². The number of aryl methyl sites for hydroxylation is 2. The van der Waals surface area contributed by atoms with Crippen molar-refractivity contribution < 1.29 is 13.2 Å². The van der Waals surface area contributed by atoms with Crippen molar-refractivity contribution in [1.29, 1.82) is 0 Å². The largest absolute Gasteiger partial charge is 0.345 e. The molecule has 0 spiro atoms. The lowest BCUT2D eigenvalue weighted by Gasteiger charge is -2.13. The van der Waals surface area contributed by atoms with E-state index < -0.39 is 10.0 Å². The van der Waals surface area contributed by atoms with E-state index in [9.17, 15) is 13.2 Å². The number of rotatable bonds is 5. The summed E-state index contributed by atoms with van der Waals surface area (Å²) in [4.78, 5) is 24.2. The number of carbonyl (C=O) groups is 1. The quantitative estimate of drug-likeness (QED) is 0.630. The zero-order valence-electron chi connectivity index (χ0n) is 18.0. The summed E-state index contributed by atoms with van der Waals surface area (Å²) in [6.45, 7) is 6.92. The SMILES string of the molecule is Cc1cccnc1NS(=O)(=O)c1cc(-c2nc(C)c(C(=O)N3CCCC3)s2)n(C)c1C. The number of nitrogens with zero attached hydrogens (tertiary/aromatic N) is 4. The normalized spacial score (nSPS) is 14.3. The van der Waals surface area contributed by atoms with Crippen LogP contribution in [-0.2, 0) is 17.1 Å². The second kappa shape index (κ2) is 8.08. The van der Waals surface area contributed by atoms with E-state index in [0.29, 0.717) is 32.8 Å². The molecular weight excluding hydrogens is 434 g/mol. The van der Waals surface area contributed by atoms with Gasteiger partial charge in [0.05, 0.1) is 11.4 Å². The van der Waals surface area contributed by atoms with Gasteiger partial charge in [-0.1, -0.05) is 6.07 Å². The highest BCUT2D eigenvalue weighted by molar-refractivity contribution is 7.92. The van der Waals surface area contributed by atoms with E-state index in [-0.39, 0.29) is 10.8 Å². The van der Waals surface area contributed by atoms with E-state index in [4.69, 9.17) is 0 Å². The monoisotopic (exact) mass is 459 g/mol. The van der Waals surface area contributed by atoms with Gasteiger partial charge in [-0.3, -0.25) is 9.52 Å². The first kappa shape index (κ1) is 21.5. The Bertz CT molecular complexity index is 1250. The highest BCUT2D eigenvalue weighted by atomic mass is 32.2. The molecule has 0 atom stereocenters. The van der Waals surface area contributed by atoms with Crippen LogP contribution in [0, 0.1) is 20.8 Å². The number of sulfonamides is 1. The molecule has 8 nitrogen and oxygen atoms in total. The zero-order valence-corrected chi connectivity index (χ0v) is 19.6. The van der Waals surface area contributed by atoms with Crippen molar-refractivity contribution in [2.45, 2.75) is 38.5 Å². The molecule has 10 heteroatoms. The molecule has 1 aliphatic heterocycles. The first-order chi connectivity index (χ1) is 14.7. The summed E-state index contributed by atoms with van der Waals surface area (Å²) in [6, 6.07) is 5.16. The average Bonchev–Trinajstić information content (AvgIpc) is 3.44. The molecule has 0 radical (unpaired) electrons. The van der Waals surface area contributed by atoms with E-state index in [2.05, 4.69) is 14.7 Å². The lowest BCUT2D eigenvalue weighted by molar-refractivity contribution is 0.0796. The molecule has 0 aliphatic carbocycles. The van der Waals surface area contributed by atoms with Gasteiger partial charge < -0.3 is 9.47 Å². The number of nitrogens with one attached hydrogen (secondary N) is 1. The summed E-state index contributed by atoms with van der Waals surface area (Å²) < 4.78 is 30.5. The predicted molar refractivity (Wildman–Crippen MR) is 121 cm³/mol. The molecular formula is C21H25N5O3S2. The summed E-state index contributed by atoms with van der Waals surface area (Å²) in [5, 5.41) is 0.626. The number of hydrogen-bond donors (Lipinski definition) is 1. The van der Waals surface area contributed by atoms with Crippen LogP contribution < -0.4 is 4.72 Å². The minimum Gasteiger partial charge on any atom is -0.345 e. The molecule has 4 heterocycles. The van der Waals surface area contributed by atoms with Gasteiger partial charge in [-0.05, 0) is 51.3 Å². The number of pyridine rings is 1. The van der Waals surface area contributed by atoms with E-state index in [1.165, 1.54) is 11.3 Å². The van der Waals surface area contributed by atoms with E-state index in [1.807, 2.05) is 11.8 Å². The van der Waals surface area contributed by atoms with Crippen molar-refractivity contribution in [3.05, 3.63) is 46.2 Å². The Hall–Kier alpha value is -2.72. The molecule has 1 saturated heterocycles. The number of amides is 1. The van der Waals surface area contributed by atoms with Gasteiger partial charge in [0.1, 0.15) is 20.6 Å².